The molecule has 140 valence electrons. The normalized spacial score (nSPS) is 10.8. The van der Waals surface area contributed by atoms with Gasteiger partial charge in [-0.2, -0.15) is 0 Å². The molecule has 2 aromatic carbocycles. The van der Waals surface area contributed by atoms with Gasteiger partial charge in [-0.3, -0.25) is 14.9 Å². The van der Waals surface area contributed by atoms with Crippen LogP contribution < -0.4 is 10.6 Å². The van der Waals surface area contributed by atoms with Gasteiger partial charge in [0.2, 0.25) is 0 Å². The predicted octanol–water partition coefficient (Wildman–Crippen LogP) is 4.67. The third-order valence-electron chi connectivity index (χ3n) is 3.45. The lowest BCUT2D eigenvalue weighted by Crippen LogP contribution is -2.34. The number of ketones is 1. The van der Waals surface area contributed by atoms with Gasteiger partial charge in [0.15, 0.2) is 5.78 Å². The summed E-state index contributed by atoms with van der Waals surface area (Å²) >= 11 is 6.00. The Hall–Kier alpha value is -3.19. The van der Waals surface area contributed by atoms with Gasteiger partial charge >= 0.3 is 6.03 Å². The lowest BCUT2D eigenvalue weighted by Gasteiger charge is -2.10. The van der Waals surface area contributed by atoms with Crippen molar-refractivity contribution < 1.29 is 14.5 Å². The van der Waals surface area contributed by atoms with Gasteiger partial charge in [-0.05, 0) is 61.9 Å². The number of nitrogens with zero attached hydrogens (tertiary/aromatic N) is 1. The highest BCUT2D eigenvalue weighted by molar-refractivity contribution is 6.32. The summed E-state index contributed by atoms with van der Waals surface area (Å²) in [5, 5.41) is 16.5. The second-order valence-electron chi connectivity index (χ2n) is 5.99. The average Bonchev–Trinajstić information content (AvgIpc) is 2.60. The molecule has 2 N–H and O–H groups in total. The van der Waals surface area contributed by atoms with E-state index in [4.69, 9.17) is 11.6 Å². The van der Waals surface area contributed by atoms with Crippen LogP contribution >= 0.6 is 11.6 Å². The molecule has 0 aliphatic carbocycles. The van der Waals surface area contributed by atoms with E-state index in [1.165, 1.54) is 30.4 Å². The molecule has 0 heterocycles. The first-order valence-corrected chi connectivity index (χ1v) is 8.48. The van der Waals surface area contributed by atoms with Gasteiger partial charge in [-0.25, -0.2) is 4.79 Å². The molecule has 0 bridgehead atoms. The van der Waals surface area contributed by atoms with Gasteiger partial charge in [-0.1, -0.05) is 11.6 Å². The number of anilines is 1. The monoisotopic (exact) mass is 387 g/mol. The van der Waals surface area contributed by atoms with Crippen LogP contribution in [0.2, 0.25) is 5.02 Å². The number of carbonyl (C=O) groups is 2. The summed E-state index contributed by atoms with van der Waals surface area (Å²) in [5.74, 6) is -0.296. The van der Waals surface area contributed by atoms with E-state index in [9.17, 15) is 19.7 Å². The minimum Gasteiger partial charge on any atom is -0.336 e. The van der Waals surface area contributed by atoms with Gasteiger partial charge < -0.3 is 10.6 Å². The van der Waals surface area contributed by atoms with E-state index < -0.39 is 4.92 Å². The zero-order valence-electron chi connectivity index (χ0n) is 14.7. The minimum absolute atomic E-state index is 0.0108. The number of nitro groups is 1. The Morgan fingerprint density at radius 1 is 1.15 bits per heavy atom. The lowest BCUT2D eigenvalue weighted by molar-refractivity contribution is -0.384. The standard InChI is InChI=1S/C19H18ClN3O4/c1-12(2)21-19(25)22-15-6-3-13(4-7-15)18(24)10-5-14-11-16(23(26)27)8-9-17(14)20/h3-12H,1-2H3,(H2,21,22,25)/b10-5+. The molecule has 0 spiro atoms. The first kappa shape index (κ1) is 20.1. The van der Waals surface area contributed by atoms with Crippen LogP contribution in [-0.4, -0.2) is 22.8 Å². The molecule has 0 aromatic heterocycles. The van der Waals surface area contributed by atoms with E-state index in [1.54, 1.807) is 24.3 Å². The Kier molecular flexibility index (Phi) is 6.67. The van der Waals surface area contributed by atoms with E-state index in [0.29, 0.717) is 21.8 Å². The van der Waals surface area contributed by atoms with E-state index in [1.807, 2.05) is 13.8 Å². The highest BCUT2D eigenvalue weighted by atomic mass is 35.5. The summed E-state index contributed by atoms with van der Waals surface area (Å²) in [7, 11) is 0. The van der Waals surface area contributed by atoms with E-state index in [0.717, 1.165) is 0 Å². The number of halogens is 1. The second kappa shape index (κ2) is 8.95. The summed E-state index contributed by atoms with van der Waals surface area (Å²) in [6.07, 6.45) is 2.72. The molecule has 2 rings (SSSR count). The number of benzene rings is 2. The van der Waals surface area contributed by atoms with Gasteiger partial charge in [0, 0.05) is 34.4 Å². The maximum Gasteiger partial charge on any atom is 0.319 e. The number of rotatable bonds is 6. The van der Waals surface area contributed by atoms with Crippen LogP contribution in [0.25, 0.3) is 6.08 Å². The van der Waals surface area contributed by atoms with Crippen molar-refractivity contribution in [1.29, 1.82) is 0 Å². The zero-order chi connectivity index (χ0) is 20.0. The van der Waals surface area contributed by atoms with Crippen LogP contribution in [0.3, 0.4) is 0 Å². The topological polar surface area (TPSA) is 101 Å². The summed E-state index contributed by atoms with van der Waals surface area (Å²) in [6.45, 7) is 3.70. The maximum atomic E-state index is 12.3. The fourth-order valence-corrected chi connectivity index (χ4v) is 2.36. The summed E-state index contributed by atoms with van der Waals surface area (Å²) in [6, 6.07) is 10.1. The van der Waals surface area contributed by atoms with Crippen LogP contribution in [-0.2, 0) is 0 Å². The first-order chi connectivity index (χ1) is 12.8. The molecular weight excluding hydrogens is 370 g/mol. The number of carbonyl (C=O) groups excluding carboxylic acids is 2. The van der Waals surface area contributed by atoms with Crippen LogP contribution in [0.5, 0.6) is 0 Å². The molecule has 7 nitrogen and oxygen atoms in total. The number of nitrogens with one attached hydrogen (secondary N) is 2. The lowest BCUT2D eigenvalue weighted by atomic mass is 10.1. The number of hydrogen-bond acceptors (Lipinski definition) is 4. The van der Waals surface area contributed by atoms with Crippen molar-refractivity contribution in [3.8, 4) is 0 Å². The number of allylic oxidation sites excluding steroid dienone is 1. The SMILES string of the molecule is CC(C)NC(=O)Nc1ccc(C(=O)/C=C/c2cc([N+](=O)[O-])ccc2Cl)cc1. The molecule has 0 unspecified atom stereocenters. The second-order valence-corrected chi connectivity index (χ2v) is 6.40. The molecule has 0 saturated carbocycles. The number of amides is 2. The third-order valence-corrected chi connectivity index (χ3v) is 3.80. The van der Waals surface area contributed by atoms with Crippen LogP contribution in [0.1, 0.15) is 29.8 Å². The van der Waals surface area contributed by atoms with Crippen molar-refractivity contribution in [3.63, 3.8) is 0 Å². The van der Waals surface area contributed by atoms with Crippen molar-refractivity contribution in [2.45, 2.75) is 19.9 Å². The molecule has 0 aliphatic heterocycles. The number of urea groups is 1. The summed E-state index contributed by atoms with van der Waals surface area (Å²) < 4.78 is 0. The van der Waals surface area contributed by atoms with Crippen molar-refractivity contribution in [1.82, 2.24) is 5.32 Å². The smallest absolute Gasteiger partial charge is 0.319 e. The average molecular weight is 388 g/mol. The van der Waals surface area contributed by atoms with Crippen molar-refractivity contribution in [2.24, 2.45) is 0 Å². The molecule has 2 aromatic rings. The van der Waals surface area contributed by atoms with Crippen LogP contribution in [0.4, 0.5) is 16.2 Å². The van der Waals surface area contributed by atoms with Crippen LogP contribution in [0, 0.1) is 10.1 Å². The first-order valence-electron chi connectivity index (χ1n) is 8.10. The third kappa shape index (κ3) is 5.93. The predicted molar refractivity (Wildman–Crippen MR) is 105 cm³/mol. The van der Waals surface area contributed by atoms with E-state index >= 15 is 0 Å². The molecule has 0 aliphatic rings. The van der Waals surface area contributed by atoms with Gasteiger partial charge in [0.1, 0.15) is 0 Å². The molecular formula is C19H18ClN3O4. The number of hydrogen-bond donors (Lipinski definition) is 2. The molecule has 2 amide bonds. The Bertz CT molecular complexity index is 892. The van der Waals surface area contributed by atoms with Gasteiger partial charge in [0.05, 0.1) is 4.92 Å². The van der Waals surface area contributed by atoms with Gasteiger partial charge in [-0.15, -0.1) is 0 Å². The number of nitro benzene ring substituents is 1. The van der Waals surface area contributed by atoms with Crippen molar-refractivity contribution in [2.75, 3.05) is 5.32 Å². The molecule has 0 fully saturated rings. The Balaban J connectivity index is 2.08. The Morgan fingerprint density at radius 3 is 2.41 bits per heavy atom. The van der Waals surface area contributed by atoms with Crippen molar-refractivity contribution in [3.05, 3.63) is 74.8 Å². The van der Waals surface area contributed by atoms with Crippen LogP contribution in [0.15, 0.2) is 48.5 Å². The fourth-order valence-electron chi connectivity index (χ4n) is 2.18. The highest BCUT2D eigenvalue weighted by Gasteiger charge is 2.09. The Labute approximate surface area is 161 Å². The molecule has 27 heavy (non-hydrogen) atoms. The zero-order valence-corrected chi connectivity index (χ0v) is 15.5. The molecule has 0 saturated heterocycles. The molecule has 8 heteroatoms. The summed E-state index contributed by atoms with van der Waals surface area (Å²) in [4.78, 5) is 34.2. The van der Waals surface area contributed by atoms with Gasteiger partial charge in [0.25, 0.3) is 5.69 Å². The highest BCUT2D eigenvalue weighted by Crippen LogP contribution is 2.23. The fraction of sp³-hybridized carbons (Fsp3) is 0.158. The Morgan fingerprint density at radius 2 is 1.81 bits per heavy atom. The molecule has 0 atom stereocenters. The maximum absolute atomic E-state index is 12.3. The number of non-ortho nitro benzene ring substituents is 1. The van der Waals surface area contributed by atoms with Crippen molar-refractivity contribution >= 4 is 40.9 Å². The summed E-state index contributed by atoms with van der Waals surface area (Å²) in [5.41, 5.74) is 1.22. The minimum atomic E-state index is -0.531. The quantitative estimate of drug-likeness (QED) is 0.325. The van der Waals surface area contributed by atoms with E-state index in [-0.39, 0.29) is 23.5 Å². The molecule has 0 radical (unpaired) electrons. The van der Waals surface area contributed by atoms with E-state index in [2.05, 4.69) is 10.6 Å². The largest absolute Gasteiger partial charge is 0.336 e.